The molecule has 0 saturated carbocycles. The first-order valence-corrected chi connectivity index (χ1v) is 4.29. The Bertz CT molecular complexity index is 216. The molecule has 0 aliphatic rings. The van der Waals surface area contributed by atoms with E-state index < -0.39 is 0 Å². The first-order valence-electron chi connectivity index (χ1n) is 4.29. The van der Waals surface area contributed by atoms with Crippen LogP contribution in [0.25, 0.3) is 0 Å². The van der Waals surface area contributed by atoms with Crippen molar-refractivity contribution in [3.8, 4) is 0 Å². The maximum absolute atomic E-state index is 3.95. The van der Waals surface area contributed by atoms with E-state index in [0.29, 0.717) is 0 Å². The molecule has 0 heterocycles. The second kappa shape index (κ2) is 5.59. The van der Waals surface area contributed by atoms with Crippen molar-refractivity contribution in [3.05, 3.63) is 48.6 Å². The van der Waals surface area contributed by atoms with Crippen molar-refractivity contribution in [2.24, 2.45) is 0 Å². The molecule has 0 nitrogen and oxygen atoms in total. The van der Waals surface area contributed by atoms with Crippen molar-refractivity contribution in [2.75, 3.05) is 0 Å². The van der Waals surface area contributed by atoms with Crippen LogP contribution in [0.4, 0.5) is 0 Å². The fourth-order valence-electron chi connectivity index (χ4n) is 0.970. The molecular weight excluding hydrogens is 144 g/mol. The molecule has 0 aromatic carbocycles. The van der Waals surface area contributed by atoms with E-state index in [2.05, 4.69) is 32.7 Å². The third-order valence-corrected chi connectivity index (χ3v) is 1.64. The molecule has 12 heavy (non-hydrogen) atoms. The summed E-state index contributed by atoms with van der Waals surface area (Å²) in [4.78, 5) is 0. The Morgan fingerprint density at radius 3 is 2.25 bits per heavy atom. The highest BCUT2D eigenvalue weighted by Crippen LogP contribution is 2.13. The lowest BCUT2D eigenvalue weighted by Crippen LogP contribution is -1.81. The predicted octanol–water partition coefficient (Wildman–Crippen LogP) is 4.03. The van der Waals surface area contributed by atoms with Gasteiger partial charge in [-0.05, 0) is 18.9 Å². The number of hydrogen-bond acceptors (Lipinski definition) is 0. The van der Waals surface area contributed by atoms with Crippen molar-refractivity contribution < 1.29 is 0 Å². The minimum atomic E-state index is 1.04. The van der Waals surface area contributed by atoms with Gasteiger partial charge in [0.05, 0.1) is 0 Å². The lowest BCUT2D eigenvalue weighted by atomic mass is 10.0. The fourth-order valence-corrected chi connectivity index (χ4v) is 0.970. The Kier molecular flexibility index (Phi) is 5.11. The molecule has 0 rings (SSSR count). The van der Waals surface area contributed by atoms with Crippen molar-refractivity contribution in [2.45, 2.75) is 26.7 Å². The van der Waals surface area contributed by atoms with E-state index in [9.17, 15) is 0 Å². The van der Waals surface area contributed by atoms with Crippen LogP contribution in [0, 0.1) is 0 Å². The van der Waals surface area contributed by atoms with E-state index in [1.807, 2.05) is 13.0 Å². The number of rotatable bonds is 5. The number of allylic oxidation sites excluding steroid dienone is 5. The lowest BCUT2D eigenvalue weighted by Gasteiger charge is -2.01. The van der Waals surface area contributed by atoms with Gasteiger partial charge >= 0.3 is 0 Å². The van der Waals surface area contributed by atoms with Gasteiger partial charge in [0.25, 0.3) is 0 Å². The summed E-state index contributed by atoms with van der Waals surface area (Å²) in [6.45, 7) is 15.7. The van der Waals surface area contributed by atoms with Gasteiger partial charge in [0.1, 0.15) is 0 Å². The van der Waals surface area contributed by atoms with Crippen molar-refractivity contribution in [1.29, 1.82) is 0 Å². The maximum atomic E-state index is 3.95. The first-order chi connectivity index (χ1) is 5.61. The van der Waals surface area contributed by atoms with Crippen LogP contribution in [0.15, 0.2) is 48.6 Å². The molecule has 0 amide bonds. The van der Waals surface area contributed by atoms with E-state index in [1.165, 1.54) is 0 Å². The SMILES string of the molecule is C=C/C(=C\C(=C)CCC)C(=C)C. The van der Waals surface area contributed by atoms with Gasteiger partial charge < -0.3 is 0 Å². The molecule has 0 N–H and O–H groups in total. The third kappa shape index (κ3) is 3.97. The summed E-state index contributed by atoms with van der Waals surface area (Å²) >= 11 is 0. The summed E-state index contributed by atoms with van der Waals surface area (Å²) in [5.74, 6) is 0. The summed E-state index contributed by atoms with van der Waals surface area (Å²) in [6.07, 6.45) is 6.06. The van der Waals surface area contributed by atoms with Crippen LogP contribution in [0.5, 0.6) is 0 Å². The standard InChI is InChI=1S/C12H18/c1-6-8-11(5)9-12(7-2)10(3)4/h7,9H,2-3,5-6,8H2,1,4H3/b12-9+. The van der Waals surface area contributed by atoms with Gasteiger partial charge in [-0.25, -0.2) is 0 Å². The summed E-state index contributed by atoms with van der Waals surface area (Å²) in [5, 5.41) is 0. The Morgan fingerprint density at radius 2 is 1.92 bits per heavy atom. The van der Waals surface area contributed by atoms with Crippen LogP contribution < -0.4 is 0 Å². The van der Waals surface area contributed by atoms with E-state index in [1.54, 1.807) is 0 Å². The average Bonchev–Trinajstić information content (AvgIpc) is 2.00. The van der Waals surface area contributed by atoms with Crippen LogP contribution in [-0.2, 0) is 0 Å². The Morgan fingerprint density at radius 1 is 1.33 bits per heavy atom. The zero-order valence-corrected chi connectivity index (χ0v) is 8.19. The Labute approximate surface area is 76.0 Å². The van der Waals surface area contributed by atoms with Gasteiger partial charge in [-0.2, -0.15) is 0 Å². The summed E-state index contributed by atoms with van der Waals surface area (Å²) in [5.41, 5.74) is 3.28. The van der Waals surface area contributed by atoms with Crippen LogP contribution in [0.2, 0.25) is 0 Å². The highest BCUT2D eigenvalue weighted by molar-refractivity contribution is 5.40. The Balaban J connectivity index is 4.38. The van der Waals surface area contributed by atoms with Gasteiger partial charge in [-0.1, -0.05) is 56.4 Å². The second-order valence-electron chi connectivity index (χ2n) is 2.99. The quantitative estimate of drug-likeness (QED) is 0.535. The highest BCUT2D eigenvalue weighted by Gasteiger charge is 1.93. The molecule has 0 fully saturated rings. The van der Waals surface area contributed by atoms with Crippen LogP contribution >= 0.6 is 0 Å². The molecule has 0 heteroatoms. The van der Waals surface area contributed by atoms with Crippen LogP contribution in [0.3, 0.4) is 0 Å². The molecule has 66 valence electrons. The second-order valence-corrected chi connectivity index (χ2v) is 2.99. The van der Waals surface area contributed by atoms with Gasteiger partial charge in [-0.3, -0.25) is 0 Å². The molecular formula is C12H18. The molecule has 0 aliphatic carbocycles. The van der Waals surface area contributed by atoms with E-state index >= 15 is 0 Å². The average molecular weight is 162 g/mol. The predicted molar refractivity (Wildman–Crippen MR) is 57.1 cm³/mol. The lowest BCUT2D eigenvalue weighted by molar-refractivity contribution is 0.928. The normalized spacial score (nSPS) is 11.0. The molecule has 0 aromatic rings. The van der Waals surface area contributed by atoms with Gasteiger partial charge in [0, 0.05) is 0 Å². The smallest absolute Gasteiger partial charge is 0.0237 e. The minimum Gasteiger partial charge on any atom is -0.0985 e. The highest BCUT2D eigenvalue weighted by atomic mass is 14.0. The molecule has 0 aromatic heterocycles. The van der Waals surface area contributed by atoms with Crippen molar-refractivity contribution in [1.82, 2.24) is 0 Å². The minimum absolute atomic E-state index is 1.04. The van der Waals surface area contributed by atoms with Crippen molar-refractivity contribution in [3.63, 3.8) is 0 Å². The largest absolute Gasteiger partial charge is 0.0985 e. The molecule has 0 spiro atoms. The van der Waals surface area contributed by atoms with Crippen LogP contribution in [0.1, 0.15) is 26.7 Å². The summed E-state index contributed by atoms with van der Waals surface area (Å²) in [6, 6.07) is 0. The topological polar surface area (TPSA) is 0 Å². The fraction of sp³-hybridized carbons (Fsp3) is 0.333. The summed E-state index contributed by atoms with van der Waals surface area (Å²) < 4.78 is 0. The van der Waals surface area contributed by atoms with E-state index in [0.717, 1.165) is 29.6 Å². The molecule has 0 atom stereocenters. The first kappa shape index (κ1) is 11.0. The molecule has 0 unspecified atom stereocenters. The van der Waals surface area contributed by atoms with Gasteiger partial charge in [0.2, 0.25) is 0 Å². The van der Waals surface area contributed by atoms with Gasteiger partial charge in [-0.15, -0.1) is 0 Å². The van der Waals surface area contributed by atoms with Gasteiger partial charge in [0.15, 0.2) is 0 Å². The molecule has 0 bridgehead atoms. The zero-order chi connectivity index (χ0) is 9.56. The van der Waals surface area contributed by atoms with E-state index in [-0.39, 0.29) is 0 Å². The molecule has 0 aliphatic heterocycles. The molecule has 0 saturated heterocycles. The number of hydrogen-bond donors (Lipinski definition) is 0. The van der Waals surface area contributed by atoms with Crippen molar-refractivity contribution >= 4 is 0 Å². The Hall–Kier alpha value is -1.04. The summed E-state index contributed by atoms with van der Waals surface area (Å²) in [7, 11) is 0. The molecule has 0 radical (unpaired) electrons. The monoisotopic (exact) mass is 162 g/mol. The van der Waals surface area contributed by atoms with Crippen LogP contribution in [-0.4, -0.2) is 0 Å². The zero-order valence-electron chi connectivity index (χ0n) is 8.19. The van der Waals surface area contributed by atoms with E-state index in [4.69, 9.17) is 0 Å². The maximum Gasteiger partial charge on any atom is -0.0237 e. The third-order valence-electron chi connectivity index (χ3n) is 1.64.